The van der Waals surface area contributed by atoms with E-state index in [1.807, 2.05) is 21.0 Å². The van der Waals surface area contributed by atoms with Gasteiger partial charge in [0.1, 0.15) is 12.4 Å². The van der Waals surface area contributed by atoms with Crippen molar-refractivity contribution in [3.8, 4) is 5.88 Å². The predicted octanol–water partition coefficient (Wildman–Crippen LogP) is 1.39. The van der Waals surface area contributed by atoms with Crippen molar-refractivity contribution >= 4 is 5.84 Å². The number of nitrogens with one attached hydrogen (secondary N) is 1. The Labute approximate surface area is 108 Å². The molecule has 1 aromatic heterocycles. The first-order valence-electron chi connectivity index (χ1n) is 5.85. The lowest BCUT2D eigenvalue weighted by molar-refractivity contribution is 0.111. The Balaban J connectivity index is 2.83. The number of nitrogen functional groups attached to an aromatic ring is 1. The second-order valence-corrected chi connectivity index (χ2v) is 5.24. The number of pyridine rings is 1. The van der Waals surface area contributed by atoms with Gasteiger partial charge in [0.05, 0.1) is 0 Å². The van der Waals surface area contributed by atoms with Crippen molar-refractivity contribution in [2.75, 3.05) is 20.7 Å². The number of likely N-dealkylation sites (N-methyl/N-ethyl adjacent to an activating group) is 1. The molecule has 1 rings (SSSR count). The first-order chi connectivity index (χ1) is 8.22. The fourth-order valence-corrected chi connectivity index (χ4v) is 1.25. The Morgan fingerprint density at radius 2 is 2.06 bits per heavy atom. The number of hydrogen-bond donors (Lipinski definition) is 2. The average Bonchev–Trinajstić information content (AvgIpc) is 2.25. The summed E-state index contributed by atoms with van der Waals surface area (Å²) in [5, 5.41) is 7.44. The lowest BCUT2D eigenvalue weighted by atomic mass is 10.1. The van der Waals surface area contributed by atoms with Crippen molar-refractivity contribution in [1.82, 2.24) is 9.88 Å². The summed E-state index contributed by atoms with van der Waals surface area (Å²) in [6.45, 7) is 6.56. The molecule has 0 bridgehead atoms. The SMILES string of the molecule is Cc1cc(C(=N)N)cc(OCC(C)(C)N(C)C)n1. The number of hydrogen-bond acceptors (Lipinski definition) is 4. The molecule has 0 aromatic carbocycles. The topological polar surface area (TPSA) is 75.2 Å². The van der Waals surface area contributed by atoms with Gasteiger partial charge in [-0.2, -0.15) is 0 Å². The van der Waals surface area contributed by atoms with Gasteiger partial charge >= 0.3 is 0 Å². The quantitative estimate of drug-likeness (QED) is 0.611. The van der Waals surface area contributed by atoms with Crippen molar-refractivity contribution < 1.29 is 4.74 Å². The van der Waals surface area contributed by atoms with E-state index in [0.717, 1.165) is 5.69 Å². The maximum Gasteiger partial charge on any atom is 0.214 e. The van der Waals surface area contributed by atoms with Gasteiger partial charge in [0.25, 0.3) is 0 Å². The molecule has 0 saturated carbocycles. The molecule has 5 nitrogen and oxygen atoms in total. The minimum atomic E-state index is -0.0815. The zero-order valence-electron chi connectivity index (χ0n) is 11.7. The predicted molar refractivity (Wildman–Crippen MR) is 73.3 cm³/mol. The summed E-state index contributed by atoms with van der Waals surface area (Å²) in [5.41, 5.74) is 6.82. The van der Waals surface area contributed by atoms with Gasteiger partial charge in [0.15, 0.2) is 0 Å². The van der Waals surface area contributed by atoms with E-state index in [-0.39, 0.29) is 11.4 Å². The van der Waals surface area contributed by atoms with Crippen LogP contribution in [0.2, 0.25) is 0 Å². The smallest absolute Gasteiger partial charge is 0.214 e. The van der Waals surface area contributed by atoms with Crippen LogP contribution in [0.25, 0.3) is 0 Å². The van der Waals surface area contributed by atoms with Crippen molar-refractivity contribution in [2.24, 2.45) is 5.73 Å². The van der Waals surface area contributed by atoms with Crippen molar-refractivity contribution in [3.63, 3.8) is 0 Å². The van der Waals surface area contributed by atoms with Crippen LogP contribution in [0.5, 0.6) is 5.88 Å². The van der Waals surface area contributed by atoms with E-state index in [0.29, 0.717) is 18.1 Å². The van der Waals surface area contributed by atoms with Crippen LogP contribution in [0.4, 0.5) is 0 Å². The van der Waals surface area contributed by atoms with Gasteiger partial charge in [0, 0.05) is 22.9 Å². The molecule has 0 amide bonds. The number of aromatic nitrogens is 1. The zero-order valence-corrected chi connectivity index (χ0v) is 11.7. The van der Waals surface area contributed by atoms with Gasteiger partial charge < -0.3 is 15.4 Å². The summed E-state index contributed by atoms with van der Waals surface area (Å²) in [6.07, 6.45) is 0. The van der Waals surface area contributed by atoms with Gasteiger partial charge in [-0.05, 0) is 40.9 Å². The molecular weight excluding hydrogens is 228 g/mol. The Bertz CT molecular complexity index is 441. The zero-order chi connectivity index (χ0) is 13.9. The molecule has 0 aliphatic carbocycles. The molecule has 1 aromatic rings. The molecule has 0 saturated heterocycles. The molecule has 0 fully saturated rings. The fraction of sp³-hybridized carbons (Fsp3) is 0.538. The standard InChI is InChI=1S/C13H22N4O/c1-9-6-10(12(14)15)7-11(16-9)18-8-13(2,3)17(4)5/h6-7H,8H2,1-5H3,(H3,14,15). The highest BCUT2D eigenvalue weighted by atomic mass is 16.5. The van der Waals surface area contributed by atoms with Crippen LogP contribution in [0, 0.1) is 12.3 Å². The van der Waals surface area contributed by atoms with Crippen LogP contribution in [0.15, 0.2) is 12.1 Å². The van der Waals surface area contributed by atoms with Gasteiger partial charge in [-0.3, -0.25) is 5.41 Å². The molecule has 0 aliphatic rings. The number of nitrogens with zero attached hydrogens (tertiary/aromatic N) is 2. The van der Waals surface area contributed by atoms with E-state index in [2.05, 4.69) is 23.7 Å². The van der Waals surface area contributed by atoms with Crippen molar-refractivity contribution in [3.05, 3.63) is 23.4 Å². The molecule has 18 heavy (non-hydrogen) atoms. The van der Waals surface area contributed by atoms with E-state index >= 15 is 0 Å². The largest absolute Gasteiger partial charge is 0.476 e. The highest BCUT2D eigenvalue weighted by Gasteiger charge is 2.21. The van der Waals surface area contributed by atoms with Crippen LogP contribution in [-0.2, 0) is 0 Å². The minimum Gasteiger partial charge on any atom is -0.476 e. The number of amidine groups is 1. The summed E-state index contributed by atoms with van der Waals surface area (Å²) in [5.74, 6) is 0.535. The van der Waals surface area contributed by atoms with Gasteiger partial charge in [-0.15, -0.1) is 0 Å². The lowest BCUT2D eigenvalue weighted by Crippen LogP contribution is -2.43. The fourth-order valence-electron chi connectivity index (χ4n) is 1.25. The third-order valence-corrected chi connectivity index (χ3v) is 3.02. The summed E-state index contributed by atoms with van der Waals surface area (Å²) >= 11 is 0. The van der Waals surface area contributed by atoms with Crippen LogP contribution < -0.4 is 10.5 Å². The molecule has 5 heteroatoms. The van der Waals surface area contributed by atoms with Crippen LogP contribution >= 0.6 is 0 Å². The maximum absolute atomic E-state index is 7.44. The van der Waals surface area contributed by atoms with E-state index in [9.17, 15) is 0 Å². The Kier molecular flexibility index (Phi) is 4.29. The molecule has 0 aliphatic heterocycles. The number of nitrogens with two attached hydrogens (primary N) is 1. The number of rotatable bonds is 5. The van der Waals surface area contributed by atoms with E-state index < -0.39 is 0 Å². The molecule has 100 valence electrons. The average molecular weight is 250 g/mol. The van der Waals surface area contributed by atoms with Crippen LogP contribution in [-0.4, -0.2) is 42.0 Å². The Hall–Kier alpha value is -1.62. The summed E-state index contributed by atoms with van der Waals surface area (Å²) in [7, 11) is 4.02. The first kappa shape index (κ1) is 14.4. The first-order valence-corrected chi connectivity index (χ1v) is 5.85. The molecule has 0 spiro atoms. The number of aryl methyl sites for hydroxylation is 1. The van der Waals surface area contributed by atoms with Crippen molar-refractivity contribution in [2.45, 2.75) is 26.3 Å². The molecular formula is C13H22N4O. The van der Waals surface area contributed by atoms with Gasteiger partial charge in [-0.1, -0.05) is 0 Å². The molecule has 0 radical (unpaired) electrons. The van der Waals surface area contributed by atoms with E-state index in [1.54, 1.807) is 12.1 Å². The summed E-state index contributed by atoms with van der Waals surface area (Å²) in [4.78, 5) is 6.38. The lowest BCUT2D eigenvalue weighted by Gasteiger charge is -2.31. The second kappa shape index (κ2) is 5.35. The minimum absolute atomic E-state index is 0.0252. The molecule has 0 atom stereocenters. The van der Waals surface area contributed by atoms with E-state index in [1.165, 1.54) is 0 Å². The Morgan fingerprint density at radius 1 is 1.44 bits per heavy atom. The van der Waals surface area contributed by atoms with Crippen molar-refractivity contribution in [1.29, 1.82) is 5.41 Å². The second-order valence-electron chi connectivity index (χ2n) is 5.24. The summed E-state index contributed by atoms with van der Waals surface area (Å²) < 4.78 is 5.70. The third kappa shape index (κ3) is 3.70. The van der Waals surface area contributed by atoms with Crippen LogP contribution in [0.3, 0.4) is 0 Å². The maximum atomic E-state index is 7.44. The van der Waals surface area contributed by atoms with Gasteiger partial charge in [0.2, 0.25) is 5.88 Å². The summed E-state index contributed by atoms with van der Waals surface area (Å²) in [6, 6.07) is 3.47. The normalized spacial score (nSPS) is 11.7. The van der Waals surface area contributed by atoms with Gasteiger partial charge in [-0.25, -0.2) is 4.98 Å². The molecule has 3 N–H and O–H groups in total. The monoisotopic (exact) mass is 250 g/mol. The highest BCUT2D eigenvalue weighted by Crippen LogP contribution is 2.16. The Morgan fingerprint density at radius 3 is 2.56 bits per heavy atom. The highest BCUT2D eigenvalue weighted by molar-refractivity contribution is 5.95. The molecule has 0 unspecified atom stereocenters. The van der Waals surface area contributed by atoms with Crippen LogP contribution in [0.1, 0.15) is 25.1 Å². The number of ether oxygens (including phenoxy) is 1. The van der Waals surface area contributed by atoms with E-state index in [4.69, 9.17) is 15.9 Å². The third-order valence-electron chi connectivity index (χ3n) is 3.02. The molecule has 1 heterocycles.